The second-order valence-corrected chi connectivity index (χ2v) is 3.85. The van der Waals surface area contributed by atoms with E-state index >= 15 is 0 Å². The first kappa shape index (κ1) is 11.1. The molecule has 0 heterocycles. The van der Waals surface area contributed by atoms with E-state index < -0.39 is 10.2 Å². The number of carbonyl (C=O) groups is 1. The normalized spacial score (nSPS) is 9.93. The van der Waals surface area contributed by atoms with Crippen LogP contribution >= 0.6 is 27.5 Å². The monoisotopic (exact) mass is 277 g/mol. The van der Waals surface area contributed by atoms with E-state index in [2.05, 4.69) is 15.9 Å². The Morgan fingerprint density at radius 3 is 2.57 bits per heavy atom. The highest BCUT2D eigenvalue weighted by atomic mass is 79.9. The Hall–Kier alpha value is -0.940. The number of benzene rings is 1. The summed E-state index contributed by atoms with van der Waals surface area (Å²) < 4.78 is 0.618. The van der Waals surface area contributed by atoms with Gasteiger partial charge < -0.3 is 0 Å². The highest BCUT2D eigenvalue weighted by Gasteiger charge is 2.20. The van der Waals surface area contributed by atoms with Gasteiger partial charge in [0.2, 0.25) is 0 Å². The molecule has 4 nitrogen and oxygen atoms in total. The fraction of sp³-hybridized carbons (Fsp3) is 0.125. The zero-order valence-electron chi connectivity index (χ0n) is 7.08. The van der Waals surface area contributed by atoms with Crippen LogP contribution in [-0.2, 0) is 0 Å². The fourth-order valence-electron chi connectivity index (χ4n) is 0.975. The molecule has 0 bridgehead atoms. The molecule has 0 radical (unpaired) electrons. The Labute approximate surface area is 93.1 Å². The average Bonchev–Trinajstić information content (AvgIpc) is 2.08. The molecule has 0 aliphatic rings. The van der Waals surface area contributed by atoms with Crippen molar-refractivity contribution in [1.29, 1.82) is 0 Å². The van der Waals surface area contributed by atoms with Crippen LogP contribution in [0.25, 0.3) is 0 Å². The first-order chi connectivity index (χ1) is 6.43. The van der Waals surface area contributed by atoms with Gasteiger partial charge in [-0.15, -0.1) is 0 Å². The molecule has 0 amide bonds. The van der Waals surface area contributed by atoms with Crippen LogP contribution in [0.15, 0.2) is 16.6 Å². The molecule has 1 aromatic rings. The van der Waals surface area contributed by atoms with Gasteiger partial charge in [0.05, 0.1) is 4.92 Å². The Bertz CT molecular complexity index is 380. The molecular formula is C8H5BrClNO3. The minimum Gasteiger partial charge on any atom is -0.275 e. The maximum atomic E-state index is 10.9. The van der Waals surface area contributed by atoms with Gasteiger partial charge in [-0.1, -0.05) is 15.9 Å². The maximum absolute atomic E-state index is 10.9. The summed E-state index contributed by atoms with van der Waals surface area (Å²) in [7, 11) is 0. The van der Waals surface area contributed by atoms with E-state index in [0.717, 1.165) is 0 Å². The standard InChI is InChI=1S/C8H5BrClNO3/c1-4-2-7(11(13)14)5(8(10)12)3-6(4)9/h2-3H,1H3. The van der Waals surface area contributed by atoms with Gasteiger partial charge >= 0.3 is 0 Å². The molecule has 0 atom stereocenters. The van der Waals surface area contributed by atoms with E-state index in [4.69, 9.17) is 11.6 Å². The van der Waals surface area contributed by atoms with E-state index in [-0.39, 0.29) is 11.3 Å². The lowest BCUT2D eigenvalue weighted by molar-refractivity contribution is -0.385. The van der Waals surface area contributed by atoms with Crippen molar-refractivity contribution in [2.24, 2.45) is 0 Å². The number of rotatable bonds is 2. The van der Waals surface area contributed by atoms with Crippen molar-refractivity contribution in [3.8, 4) is 0 Å². The van der Waals surface area contributed by atoms with Crippen molar-refractivity contribution in [3.05, 3.63) is 37.8 Å². The van der Waals surface area contributed by atoms with Crippen LogP contribution in [-0.4, -0.2) is 10.2 Å². The number of carbonyl (C=O) groups excluding carboxylic acids is 1. The van der Waals surface area contributed by atoms with Gasteiger partial charge in [-0.3, -0.25) is 14.9 Å². The van der Waals surface area contributed by atoms with Gasteiger partial charge in [-0.2, -0.15) is 0 Å². The number of hydrogen-bond acceptors (Lipinski definition) is 3. The molecule has 0 N–H and O–H groups in total. The molecule has 6 heteroatoms. The minimum absolute atomic E-state index is 0.103. The number of nitro benzene ring substituents is 1. The van der Waals surface area contributed by atoms with Crippen molar-refractivity contribution < 1.29 is 9.72 Å². The molecule has 1 aromatic carbocycles. The summed E-state index contributed by atoms with van der Waals surface area (Å²) in [5.74, 6) is 0. The van der Waals surface area contributed by atoms with Gasteiger partial charge in [-0.05, 0) is 30.2 Å². The summed E-state index contributed by atoms with van der Waals surface area (Å²) in [6, 6.07) is 2.66. The van der Waals surface area contributed by atoms with Crippen molar-refractivity contribution in [2.75, 3.05) is 0 Å². The topological polar surface area (TPSA) is 60.2 Å². The molecule has 0 aromatic heterocycles. The van der Waals surface area contributed by atoms with E-state index in [1.165, 1.54) is 12.1 Å². The second-order valence-electron chi connectivity index (χ2n) is 2.65. The van der Waals surface area contributed by atoms with Crippen LogP contribution in [0, 0.1) is 17.0 Å². The Morgan fingerprint density at radius 2 is 2.14 bits per heavy atom. The van der Waals surface area contributed by atoms with Crippen molar-refractivity contribution in [2.45, 2.75) is 6.92 Å². The summed E-state index contributed by atoms with van der Waals surface area (Å²) in [4.78, 5) is 20.8. The Kier molecular flexibility index (Phi) is 3.23. The average molecular weight is 278 g/mol. The first-order valence-electron chi connectivity index (χ1n) is 3.58. The molecule has 0 spiro atoms. The summed E-state index contributed by atoms with van der Waals surface area (Å²) in [6.07, 6.45) is 0. The minimum atomic E-state index is -0.836. The number of nitro groups is 1. The first-order valence-corrected chi connectivity index (χ1v) is 4.75. The third-order valence-electron chi connectivity index (χ3n) is 1.69. The molecular weight excluding hydrogens is 273 g/mol. The Balaban J connectivity index is 3.46. The maximum Gasteiger partial charge on any atom is 0.281 e. The smallest absolute Gasteiger partial charge is 0.275 e. The van der Waals surface area contributed by atoms with E-state index in [0.29, 0.717) is 10.0 Å². The van der Waals surface area contributed by atoms with E-state index in [1.54, 1.807) is 6.92 Å². The SMILES string of the molecule is Cc1cc([N+](=O)[O-])c(C(=O)Cl)cc1Br. The molecule has 0 saturated heterocycles. The fourth-order valence-corrected chi connectivity index (χ4v) is 1.47. The predicted octanol–water partition coefficient (Wildman–Crippen LogP) is 3.04. The summed E-state index contributed by atoms with van der Waals surface area (Å²) in [6.45, 7) is 1.69. The molecule has 0 aliphatic heterocycles. The van der Waals surface area contributed by atoms with Crippen molar-refractivity contribution >= 4 is 38.5 Å². The molecule has 0 saturated carbocycles. The second kappa shape index (κ2) is 4.06. The largest absolute Gasteiger partial charge is 0.281 e. The lowest BCUT2D eigenvalue weighted by Gasteiger charge is -2.01. The summed E-state index contributed by atoms with van der Waals surface area (Å²) in [5.41, 5.74) is 0.304. The van der Waals surface area contributed by atoms with Crippen LogP contribution < -0.4 is 0 Å². The quantitative estimate of drug-likeness (QED) is 0.474. The van der Waals surface area contributed by atoms with Crippen molar-refractivity contribution in [1.82, 2.24) is 0 Å². The summed E-state index contributed by atoms with van der Waals surface area (Å²) >= 11 is 8.38. The van der Waals surface area contributed by atoms with Crippen LogP contribution in [0.3, 0.4) is 0 Å². The highest BCUT2D eigenvalue weighted by Crippen LogP contribution is 2.27. The van der Waals surface area contributed by atoms with Gasteiger partial charge in [0.1, 0.15) is 5.56 Å². The van der Waals surface area contributed by atoms with E-state index in [1.807, 2.05) is 0 Å². The number of aryl methyl sites for hydroxylation is 1. The van der Waals surface area contributed by atoms with Crippen molar-refractivity contribution in [3.63, 3.8) is 0 Å². The van der Waals surface area contributed by atoms with Crippen LogP contribution in [0.4, 0.5) is 5.69 Å². The third kappa shape index (κ3) is 2.10. The zero-order chi connectivity index (χ0) is 10.9. The molecule has 0 unspecified atom stereocenters. The lowest BCUT2D eigenvalue weighted by atomic mass is 10.1. The number of halogens is 2. The van der Waals surface area contributed by atoms with Crippen LogP contribution in [0.5, 0.6) is 0 Å². The number of hydrogen-bond donors (Lipinski definition) is 0. The van der Waals surface area contributed by atoms with Crippen LogP contribution in [0.2, 0.25) is 0 Å². The van der Waals surface area contributed by atoms with Gasteiger partial charge in [0.15, 0.2) is 0 Å². The molecule has 0 aliphatic carbocycles. The lowest BCUT2D eigenvalue weighted by Crippen LogP contribution is -1.99. The number of nitrogens with zero attached hydrogens (tertiary/aromatic N) is 1. The van der Waals surface area contributed by atoms with Gasteiger partial charge in [-0.25, -0.2) is 0 Å². The molecule has 1 rings (SSSR count). The van der Waals surface area contributed by atoms with Gasteiger partial charge in [0, 0.05) is 10.5 Å². The zero-order valence-corrected chi connectivity index (χ0v) is 9.42. The summed E-state index contributed by atoms with van der Waals surface area (Å²) in [5, 5.41) is 9.73. The van der Waals surface area contributed by atoms with E-state index in [9.17, 15) is 14.9 Å². The highest BCUT2D eigenvalue weighted by molar-refractivity contribution is 9.10. The molecule has 14 heavy (non-hydrogen) atoms. The van der Waals surface area contributed by atoms with Crippen LogP contribution in [0.1, 0.15) is 15.9 Å². The Morgan fingerprint density at radius 1 is 1.57 bits per heavy atom. The van der Waals surface area contributed by atoms with Gasteiger partial charge in [0.25, 0.3) is 10.9 Å². The third-order valence-corrected chi connectivity index (χ3v) is 2.74. The molecule has 0 fully saturated rings. The predicted molar refractivity (Wildman–Crippen MR) is 55.7 cm³/mol. The molecule has 74 valence electrons.